The first kappa shape index (κ1) is 52.7. The van der Waals surface area contributed by atoms with E-state index in [1.165, 1.54) is 0 Å². The van der Waals surface area contributed by atoms with Crippen molar-refractivity contribution in [1.29, 1.82) is 0 Å². The number of carbonyl (C=O) groups is 4. The molecule has 0 aliphatic carbocycles. The van der Waals surface area contributed by atoms with Gasteiger partial charge in [-0.15, -0.1) is 0 Å². The zero-order chi connectivity index (χ0) is 47.5. The lowest BCUT2D eigenvalue weighted by atomic mass is 9.87. The van der Waals surface area contributed by atoms with Crippen LogP contribution in [0.1, 0.15) is 26.7 Å². The molecule has 0 bridgehead atoms. The number of aliphatic hydroxyl groups excluding tert-OH is 13. The minimum atomic E-state index is -3.31. The van der Waals surface area contributed by atoms with Crippen molar-refractivity contribution in [1.82, 2.24) is 10.6 Å². The normalized spacial score (nSPS) is 42.9. The molecule has 22 atom stereocenters. The van der Waals surface area contributed by atoms with Crippen molar-refractivity contribution in [3.05, 3.63) is 0 Å². The molecule has 364 valence electrons. The molecule has 4 aliphatic rings. The van der Waals surface area contributed by atoms with Gasteiger partial charge in [0.1, 0.15) is 79.4 Å². The molecule has 2 amide bonds. The standard InChI is InChI=1S/C34H57N3O26/c1-9(42)36-18-11(44)3-33(31(53)54,61-26(18)20(47)13(46)5-38)60-15(7-40)22(49)27-19(37-10(2)43)12(45)4-34(62-27,32(55)56)63-28-21(48)14(6-39)58-30(24(28)51)59-25-16(8-41)57-29(52)17(35)23(25)50/h11-30,38-41,44-52H,3-8,35H2,1-2H3,(H,36,42)(H,37,43)(H,53,54)(H,55,56)/t11-,12-,13+,14+,15+,16+,17+,18+,19+,20+,21-,22+,23+,24+,25+,26+,27+,28-,29?,30-,33+,34-/m0/s1. The van der Waals surface area contributed by atoms with E-state index in [-0.39, 0.29) is 0 Å². The Hall–Kier alpha value is -2.96. The molecule has 29 heteroatoms. The van der Waals surface area contributed by atoms with Crippen LogP contribution in [-0.2, 0) is 52.3 Å². The molecule has 0 radical (unpaired) electrons. The molecule has 0 saturated carbocycles. The molecule has 0 aromatic heterocycles. The highest BCUT2D eigenvalue weighted by atomic mass is 16.8. The number of nitrogens with two attached hydrogens (primary N) is 1. The smallest absolute Gasteiger partial charge is 0.364 e. The summed E-state index contributed by atoms with van der Waals surface area (Å²) in [5.41, 5.74) is 5.74. The van der Waals surface area contributed by atoms with Gasteiger partial charge in [-0.1, -0.05) is 0 Å². The highest BCUT2D eigenvalue weighted by molar-refractivity contribution is 5.77. The first-order valence-corrected chi connectivity index (χ1v) is 19.4. The van der Waals surface area contributed by atoms with E-state index in [2.05, 4.69) is 10.6 Å². The zero-order valence-corrected chi connectivity index (χ0v) is 33.6. The predicted octanol–water partition coefficient (Wildman–Crippen LogP) is -11.1. The Morgan fingerprint density at radius 3 is 1.68 bits per heavy atom. The number of hydrogen-bond acceptors (Lipinski definition) is 25. The van der Waals surface area contributed by atoms with Crippen molar-refractivity contribution in [3.8, 4) is 0 Å². The highest BCUT2D eigenvalue weighted by Crippen LogP contribution is 2.40. The van der Waals surface area contributed by atoms with Gasteiger partial charge in [-0.05, 0) is 0 Å². The Morgan fingerprint density at radius 1 is 0.698 bits per heavy atom. The molecule has 0 aromatic carbocycles. The Kier molecular flexibility index (Phi) is 18.0. The molecule has 0 spiro atoms. The van der Waals surface area contributed by atoms with Crippen LogP contribution in [0.25, 0.3) is 0 Å². The van der Waals surface area contributed by atoms with E-state index in [0.717, 1.165) is 13.8 Å². The van der Waals surface area contributed by atoms with Crippen molar-refractivity contribution < 1.29 is 129 Å². The van der Waals surface area contributed by atoms with E-state index in [1.54, 1.807) is 0 Å². The van der Waals surface area contributed by atoms with Crippen LogP contribution in [0.5, 0.6) is 0 Å². The Labute approximate surface area is 356 Å². The molecular weight excluding hydrogens is 866 g/mol. The molecule has 4 heterocycles. The summed E-state index contributed by atoms with van der Waals surface area (Å²) >= 11 is 0. The summed E-state index contributed by atoms with van der Waals surface area (Å²) < 4.78 is 38.7. The van der Waals surface area contributed by atoms with E-state index in [0.29, 0.717) is 0 Å². The number of nitrogens with one attached hydrogen (secondary N) is 2. The van der Waals surface area contributed by atoms with Crippen molar-refractivity contribution >= 4 is 23.8 Å². The van der Waals surface area contributed by atoms with Crippen LogP contribution in [0.4, 0.5) is 0 Å². The van der Waals surface area contributed by atoms with Crippen LogP contribution < -0.4 is 16.4 Å². The van der Waals surface area contributed by atoms with Crippen molar-refractivity contribution in [2.45, 2.75) is 161 Å². The largest absolute Gasteiger partial charge is 0.477 e. The van der Waals surface area contributed by atoms with Gasteiger partial charge < -0.3 is 126 Å². The number of amides is 2. The van der Waals surface area contributed by atoms with Crippen molar-refractivity contribution in [2.24, 2.45) is 5.73 Å². The van der Waals surface area contributed by atoms with Gasteiger partial charge >= 0.3 is 11.9 Å². The number of ether oxygens (including phenoxy) is 7. The van der Waals surface area contributed by atoms with Gasteiger partial charge in [0.25, 0.3) is 11.6 Å². The fourth-order valence-corrected chi connectivity index (χ4v) is 7.79. The van der Waals surface area contributed by atoms with Crippen molar-refractivity contribution in [3.63, 3.8) is 0 Å². The van der Waals surface area contributed by atoms with E-state index in [4.69, 9.17) is 38.9 Å². The number of hydrogen-bond donors (Lipinski definition) is 18. The van der Waals surface area contributed by atoms with E-state index >= 15 is 0 Å². The molecule has 4 saturated heterocycles. The average Bonchev–Trinajstić information content (AvgIpc) is 3.22. The first-order valence-electron chi connectivity index (χ1n) is 19.4. The summed E-state index contributed by atoms with van der Waals surface area (Å²) in [6.45, 7) is -2.64. The van der Waals surface area contributed by atoms with Gasteiger partial charge in [0, 0.05) is 26.7 Å². The highest BCUT2D eigenvalue weighted by Gasteiger charge is 2.62. The lowest BCUT2D eigenvalue weighted by molar-refractivity contribution is -0.384. The monoisotopic (exact) mass is 923 g/mol. The summed E-state index contributed by atoms with van der Waals surface area (Å²) in [4.78, 5) is 50.3. The second-order valence-electron chi connectivity index (χ2n) is 15.6. The lowest BCUT2D eigenvalue weighted by Crippen LogP contribution is -2.72. The van der Waals surface area contributed by atoms with E-state index in [1.807, 2.05) is 0 Å². The van der Waals surface area contributed by atoms with Crippen molar-refractivity contribution in [2.75, 3.05) is 26.4 Å². The Morgan fingerprint density at radius 2 is 1.21 bits per heavy atom. The van der Waals surface area contributed by atoms with E-state index < -0.39 is 197 Å². The number of aliphatic hydroxyl groups is 13. The Balaban J connectivity index is 1.72. The minimum Gasteiger partial charge on any atom is -0.477 e. The van der Waals surface area contributed by atoms with Crippen LogP contribution in [0.3, 0.4) is 0 Å². The second-order valence-corrected chi connectivity index (χ2v) is 15.6. The maximum atomic E-state index is 13.1. The molecule has 63 heavy (non-hydrogen) atoms. The van der Waals surface area contributed by atoms with Crippen LogP contribution in [-0.4, -0.2) is 261 Å². The predicted molar refractivity (Wildman–Crippen MR) is 193 cm³/mol. The lowest BCUT2D eigenvalue weighted by Gasteiger charge is -2.51. The maximum Gasteiger partial charge on any atom is 0.364 e. The fourth-order valence-electron chi connectivity index (χ4n) is 7.79. The summed E-state index contributed by atoms with van der Waals surface area (Å²) in [6.07, 6.45) is -37.7. The molecular formula is C34H57N3O26. The molecule has 4 fully saturated rings. The summed E-state index contributed by atoms with van der Waals surface area (Å²) in [5, 5.41) is 164. The maximum absolute atomic E-state index is 13.1. The number of carbonyl (C=O) groups excluding carboxylic acids is 2. The topological polar surface area (TPSA) is 486 Å². The Bertz CT molecular complexity index is 1570. The molecule has 29 nitrogen and oxygen atoms in total. The summed E-state index contributed by atoms with van der Waals surface area (Å²) in [7, 11) is 0. The third-order valence-electron chi connectivity index (χ3n) is 11.1. The third-order valence-corrected chi connectivity index (χ3v) is 11.1. The fraction of sp³-hybridized carbons (Fsp3) is 0.882. The van der Waals surface area contributed by atoms with Gasteiger partial charge in [0.2, 0.25) is 11.8 Å². The molecule has 0 aromatic rings. The van der Waals surface area contributed by atoms with Gasteiger partial charge in [-0.25, -0.2) is 9.59 Å². The van der Waals surface area contributed by atoms with Gasteiger partial charge in [0.05, 0.1) is 56.8 Å². The molecule has 4 rings (SSSR count). The SMILES string of the molecule is CC(=O)N[C@H]1[C@H]([C@H](O)[C@H](O)CO)O[C@@](O[C@H](CO)[C@@H](O)[C@@H]2O[C@@](O[C@H]3[C@@H](O)[C@@H](CO)O[C@@H](O[C@H]4[C@H](O)[C@@H](N)C(O)O[C@@H]4CO)[C@@H]3O)(C(=O)O)C[C@H](O)[C@H]2NC(C)=O)(C(=O)O)C[C@@H]1O. The third kappa shape index (κ3) is 11.2. The first-order chi connectivity index (χ1) is 29.4. The molecule has 4 aliphatic heterocycles. The average molecular weight is 924 g/mol. The van der Waals surface area contributed by atoms with Gasteiger partial charge in [-0.3, -0.25) is 9.59 Å². The van der Waals surface area contributed by atoms with Crippen LogP contribution in [0.15, 0.2) is 0 Å². The second kappa shape index (κ2) is 21.6. The summed E-state index contributed by atoms with van der Waals surface area (Å²) in [6, 6.07) is -5.09. The van der Waals surface area contributed by atoms with Crippen LogP contribution in [0, 0.1) is 0 Å². The van der Waals surface area contributed by atoms with Crippen LogP contribution in [0.2, 0.25) is 0 Å². The summed E-state index contributed by atoms with van der Waals surface area (Å²) in [5.74, 6) is -12.6. The van der Waals surface area contributed by atoms with Gasteiger partial charge in [-0.2, -0.15) is 0 Å². The van der Waals surface area contributed by atoms with E-state index in [9.17, 15) is 95.8 Å². The number of aliphatic carboxylic acids is 2. The molecule has 19 N–H and O–H groups in total. The zero-order valence-electron chi connectivity index (χ0n) is 33.6. The minimum absolute atomic E-state index is 0.832. The molecule has 1 unspecified atom stereocenters. The number of carboxylic acids is 2. The van der Waals surface area contributed by atoms with Crippen LogP contribution >= 0.6 is 0 Å². The van der Waals surface area contributed by atoms with Gasteiger partial charge in [0.15, 0.2) is 12.6 Å². The number of rotatable bonds is 18. The quantitative estimate of drug-likeness (QED) is 0.0607. The number of carboxylic acid groups (broad SMARTS) is 2.